The van der Waals surface area contributed by atoms with E-state index in [1.165, 1.54) is 27.8 Å². The van der Waals surface area contributed by atoms with Crippen molar-refractivity contribution in [3.63, 3.8) is 0 Å². The zero-order chi connectivity index (χ0) is 18.3. The maximum atomic E-state index is 6.92. The SMILES string of the molecule is Cc1ccc2c(c1)C[C@]1(CCC(c3ccccc3)(c3ccccc3)O1)OC2. The van der Waals surface area contributed by atoms with Gasteiger partial charge in [-0.15, -0.1) is 0 Å². The number of benzene rings is 3. The molecular formula is C25H24O2. The van der Waals surface area contributed by atoms with Gasteiger partial charge in [-0.25, -0.2) is 0 Å². The topological polar surface area (TPSA) is 18.5 Å². The van der Waals surface area contributed by atoms with E-state index in [-0.39, 0.29) is 0 Å². The van der Waals surface area contributed by atoms with Crippen LogP contribution in [-0.2, 0) is 28.1 Å². The summed E-state index contributed by atoms with van der Waals surface area (Å²) in [5.41, 5.74) is 5.88. The molecule has 1 fully saturated rings. The Hall–Kier alpha value is -2.42. The summed E-state index contributed by atoms with van der Waals surface area (Å²) in [6.45, 7) is 2.77. The van der Waals surface area contributed by atoms with Gasteiger partial charge in [-0.1, -0.05) is 84.4 Å². The standard InChI is InChI=1S/C25H24O2/c1-19-12-13-20-18-26-24(17-21(20)16-19)14-15-25(27-24,22-8-4-2-5-9-22)23-10-6-3-7-11-23/h2-13,16H,14-15,17-18H2,1H3/t24-/m1/s1. The summed E-state index contributed by atoms with van der Waals surface area (Å²) in [5, 5.41) is 0. The van der Waals surface area contributed by atoms with Gasteiger partial charge in [-0.2, -0.15) is 0 Å². The highest BCUT2D eigenvalue weighted by Gasteiger charge is 2.53. The summed E-state index contributed by atoms with van der Waals surface area (Å²) >= 11 is 0. The predicted molar refractivity (Wildman–Crippen MR) is 106 cm³/mol. The van der Waals surface area contributed by atoms with Crippen LogP contribution in [0.2, 0.25) is 0 Å². The van der Waals surface area contributed by atoms with E-state index in [0.29, 0.717) is 6.61 Å². The van der Waals surface area contributed by atoms with Crippen molar-refractivity contribution >= 4 is 0 Å². The minimum atomic E-state index is -0.549. The summed E-state index contributed by atoms with van der Waals surface area (Å²) in [6.07, 6.45) is 2.62. The molecule has 1 spiro atoms. The lowest BCUT2D eigenvalue weighted by atomic mass is 9.83. The normalized spacial score (nSPS) is 23.3. The fraction of sp³-hybridized carbons (Fsp3) is 0.280. The molecule has 1 atom stereocenters. The highest BCUT2D eigenvalue weighted by atomic mass is 16.7. The van der Waals surface area contributed by atoms with Gasteiger partial charge in [0.25, 0.3) is 0 Å². The highest BCUT2D eigenvalue weighted by molar-refractivity contribution is 5.39. The maximum absolute atomic E-state index is 6.92. The molecule has 2 heteroatoms. The van der Waals surface area contributed by atoms with Crippen LogP contribution >= 0.6 is 0 Å². The number of rotatable bonds is 2. The van der Waals surface area contributed by atoms with Gasteiger partial charge in [0.2, 0.25) is 0 Å². The fourth-order valence-corrected chi connectivity index (χ4v) is 4.61. The number of ether oxygens (including phenoxy) is 2. The number of hydrogen-bond donors (Lipinski definition) is 0. The van der Waals surface area contributed by atoms with Crippen LogP contribution in [0.3, 0.4) is 0 Å². The van der Waals surface area contributed by atoms with Crippen LogP contribution in [0.15, 0.2) is 78.9 Å². The third-order valence-electron chi connectivity index (χ3n) is 6.01. The lowest BCUT2D eigenvalue weighted by Crippen LogP contribution is -2.41. The minimum absolute atomic E-state index is 0.455. The molecule has 0 unspecified atom stereocenters. The van der Waals surface area contributed by atoms with Crippen LogP contribution in [0, 0.1) is 6.92 Å². The molecule has 0 saturated carbocycles. The monoisotopic (exact) mass is 356 g/mol. The van der Waals surface area contributed by atoms with Crippen LogP contribution in [-0.4, -0.2) is 5.79 Å². The molecule has 27 heavy (non-hydrogen) atoms. The molecular weight excluding hydrogens is 332 g/mol. The van der Waals surface area contributed by atoms with Gasteiger partial charge in [-0.3, -0.25) is 0 Å². The summed E-state index contributed by atoms with van der Waals surface area (Å²) < 4.78 is 13.3. The quantitative estimate of drug-likeness (QED) is 0.602. The van der Waals surface area contributed by atoms with Crippen LogP contribution in [0.1, 0.15) is 40.7 Å². The molecule has 3 aromatic carbocycles. The summed E-state index contributed by atoms with van der Waals surface area (Å²) in [5.74, 6) is -0.549. The zero-order valence-corrected chi connectivity index (χ0v) is 15.7. The van der Waals surface area contributed by atoms with E-state index in [1.807, 2.05) is 0 Å². The summed E-state index contributed by atoms with van der Waals surface area (Å²) in [6, 6.07) is 27.8. The van der Waals surface area contributed by atoms with Gasteiger partial charge in [0.1, 0.15) is 5.60 Å². The van der Waals surface area contributed by atoms with E-state index >= 15 is 0 Å². The molecule has 2 aliphatic heterocycles. The van der Waals surface area contributed by atoms with E-state index in [4.69, 9.17) is 9.47 Å². The molecule has 0 bridgehead atoms. The Morgan fingerprint density at radius 3 is 2.07 bits per heavy atom. The molecule has 2 heterocycles. The molecule has 5 rings (SSSR count). The lowest BCUT2D eigenvalue weighted by molar-refractivity contribution is -0.257. The van der Waals surface area contributed by atoms with Crippen molar-refractivity contribution in [2.24, 2.45) is 0 Å². The van der Waals surface area contributed by atoms with Gasteiger partial charge < -0.3 is 9.47 Å². The third kappa shape index (κ3) is 2.80. The minimum Gasteiger partial charge on any atom is -0.345 e. The second-order valence-electron chi connectivity index (χ2n) is 7.81. The molecule has 1 saturated heterocycles. The van der Waals surface area contributed by atoms with Crippen LogP contribution in [0.5, 0.6) is 0 Å². The van der Waals surface area contributed by atoms with Crippen molar-refractivity contribution in [2.75, 3.05) is 0 Å². The summed E-state index contributed by atoms with van der Waals surface area (Å²) in [4.78, 5) is 0. The zero-order valence-electron chi connectivity index (χ0n) is 15.7. The van der Waals surface area contributed by atoms with Gasteiger partial charge in [-0.05, 0) is 35.6 Å². The Morgan fingerprint density at radius 1 is 0.741 bits per heavy atom. The average Bonchev–Trinajstić information content (AvgIpc) is 3.09. The van der Waals surface area contributed by atoms with Gasteiger partial charge >= 0.3 is 0 Å². The van der Waals surface area contributed by atoms with E-state index in [9.17, 15) is 0 Å². The maximum Gasteiger partial charge on any atom is 0.174 e. The molecule has 0 aromatic heterocycles. The van der Waals surface area contributed by atoms with Gasteiger partial charge in [0, 0.05) is 12.8 Å². The Bertz CT molecular complexity index is 909. The first kappa shape index (κ1) is 16.7. The molecule has 0 amide bonds. The van der Waals surface area contributed by atoms with Crippen molar-refractivity contribution in [1.82, 2.24) is 0 Å². The molecule has 3 aromatic rings. The van der Waals surface area contributed by atoms with Crippen LogP contribution < -0.4 is 0 Å². The number of aryl methyl sites for hydroxylation is 1. The Morgan fingerprint density at radius 2 is 1.41 bits per heavy atom. The number of hydrogen-bond acceptors (Lipinski definition) is 2. The molecule has 136 valence electrons. The van der Waals surface area contributed by atoms with E-state index in [2.05, 4.69) is 85.8 Å². The molecule has 0 N–H and O–H groups in total. The van der Waals surface area contributed by atoms with Crippen LogP contribution in [0.4, 0.5) is 0 Å². The second kappa shape index (κ2) is 6.33. The first-order valence-electron chi connectivity index (χ1n) is 9.73. The van der Waals surface area contributed by atoms with Crippen molar-refractivity contribution in [1.29, 1.82) is 0 Å². The van der Waals surface area contributed by atoms with Gasteiger partial charge in [0.05, 0.1) is 6.61 Å². The lowest BCUT2D eigenvalue weighted by Gasteiger charge is -2.38. The van der Waals surface area contributed by atoms with Crippen LogP contribution in [0.25, 0.3) is 0 Å². The number of fused-ring (bicyclic) bond motifs is 1. The largest absolute Gasteiger partial charge is 0.345 e. The first-order chi connectivity index (χ1) is 13.2. The Kier molecular flexibility index (Phi) is 3.92. The second-order valence-corrected chi connectivity index (χ2v) is 7.81. The Labute approximate surface area is 160 Å². The molecule has 0 aliphatic carbocycles. The molecule has 2 nitrogen and oxygen atoms in total. The summed E-state index contributed by atoms with van der Waals surface area (Å²) in [7, 11) is 0. The van der Waals surface area contributed by atoms with E-state index in [1.54, 1.807) is 0 Å². The predicted octanol–water partition coefficient (Wildman–Crippen LogP) is 5.52. The molecule has 2 aliphatic rings. The van der Waals surface area contributed by atoms with Crippen molar-refractivity contribution in [2.45, 2.75) is 44.2 Å². The van der Waals surface area contributed by atoms with Crippen molar-refractivity contribution in [3.05, 3.63) is 107 Å². The van der Waals surface area contributed by atoms with Crippen molar-refractivity contribution < 1.29 is 9.47 Å². The Balaban J connectivity index is 1.56. The molecule has 0 radical (unpaired) electrons. The van der Waals surface area contributed by atoms with Crippen molar-refractivity contribution in [3.8, 4) is 0 Å². The average molecular weight is 356 g/mol. The van der Waals surface area contributed by atoms with Gasteiger partial charge in [0.15, 0.2) is 5.79 Å². The highest BCUT2D eigenvalue weighted by Crippen LogP contribution is 2.52. The smallest absolute Gasteiger partial charge is 0.174 e. The first-order valence-corrected chi connectivity index (χ1v) is 9.73. The van der Waals surface area contributed by atoms with E-state index < -0.39 is 11.4 Å². The third-order valence-corrected chi connectivity index (χ3v) is 6.01. The fourth-order valence-electron chi connectivity index (χ4n) is 4.61. The van der Waals surface area contributed by atoms with E-state index in [0.717, 1.165) is 19.3 Å².